The van der Waals surface area contributed by atoms with Crippen LogP contribution >= 0.6 is 0 Å². The minimum Gasteiger partial charge on any atom is -0.344 e. The van der Waals surface area contributed by atoms with Crippen molar-refractivity contribution in [2.45, 2.75) is 44.9 Å². The number of ether oxygens (including phenoxy) is 2. The lowest BCUT2D eigenvalue weighted by molar-refractivity contribution is -0.322. The maximum Gasteiger partial charge on any atom is 0.210 e. The van der Waals surface area contributed by atoms with Crippen molar-refractivity contribution < 1.29 is 9.47 Å². The van der Waals surface area contributed by atoms with E-state index in [1.54, 1.807) is 0 Å². The zero-order valence-electron chi connectivity index (χ0n) is 12.5. The summed E-state index contributed by atoms with van der Waals surface area (Å²) in [6.45, 7) is 6.90. The molecule has 20 heavy (non-hydrogen) atoms. The van der Waals surface area contributed by atoms with Gasteiger partial charge in [0.25, 0.3) is 0 Å². The molecule has 0 unspecified atom stereocenters. The quantitative estimate of drug-likeness (QED) is 0.900. The van der Waals surface area contributed by atoms with E-state index in [1.807, 2.05) is 6.07 Å². The maximum atomic E-state index is 6.32. The van der Waals surface area contributed by atoms with Crippen LogP contribution in [0, 0.1) is 5.41 Å². The molecule has 3 rings (SSSR count). The molecule has 0 spiro atoms. The Balaban J connectivity index is 1.91. The summed E-state index contributed by atoms with van der Waals surface area (Å²) in [4.78, 5) is 0. The fourth-order valence-corrected chi connectivity index (χ4v) is 3.10. The van der Waals surface area contributed by atoms with Crippen LogP contribution < -0.4 is 5.32 Å². The number of rotatable bonds is 2. The summed E-state index contributed by atoms with van der Waals surface area (Å²) >= 11 is 0. The Kier molecular flexibility index (Phi) is 3.85. The van der Waals surface area contributed by atoms with E-state index in [2.05, 4.69) is 43.4 Å². The molecule has 3 heteroatoms. The fourth-order valence-electron chi connectivity index (χ4n) is 3.10. The number of benzene rings is 1. The molecule has 0 amide bonds. The number of piperidine rings is 1. The molecule has 2 heterocycles. The van der Waals surface area contributed by atoms with Crippen LogP contribution in [0.15, 0.2) is 30.3 Å². The third-order valence-electron chi connectivity index (χ3n) is 4.30. The molecule has 2 fully saturated rings. The zero-order chi connectivity index (χ0) is 14.1. The topological polar surface area (TPSA) is 30.5 Å². The van der Waals surface area contributed by atoms with E-state index in [0.29, 0.717) is 0 Å². The Morgan fingerprint density at radius 2 is 1.75 bits per heavy atom. The van der Waals surface area contributed by atoms with E-state index in [-0.39, 0.29) is 11.5 Å². The van der Waals surface area contributed by atoms with Gasteiger partial charge in [-0.05, 0) is 19.4 Å². The van der Waals surface area contributed by atoms with Crippen LogP contribution in [0.2, 0.25) is 0 Å². The van der Waals surface area contributed by atoms with E-state index in [0.717, 1.165) is 31.7 Å². The molecule has 0 bridgehead atoms. The third-order valence-corrected chi connectivity index (χ3v) is 4.30. The summed E-state index contributed by atoms with van der Waals surface area (Å²) in [5, 5.41) is 3.61. The molecule has 2 saturated heterocycles. The standard InChI is InChI=1S/C17H25NO2/c1-16(2)12-19-17(20-13-16,14-8-4-3-5-9-14)15-10-6-7-11-18-15/h3-5,8-9,15,18H,6-7,10-13H2,1-2H3/t15-/m1/s1. The van der Waals surface area contributed by atoms with E-state index >= 15 is 0 Å². The highest BCUT2D eigenvalue weighted by atomic mass is 16.7. The molecule has 110 valence electrons. The Hall–Kier alpha value is -0.900. The van der Waals surface area contributed by atoms with Crippen LogP contribution in [0.5, 0.6) is 0 Å². The lowest BCUT2D eigenvalue weighted by atomic mass is 9.87. The first-order valence-corrected chi connectivity index (χ1v) is 7.69. The SMILES string of the molecule is CC1(C)COC(c2ccccc2)([C@H]2CCCCN2)OC1. The summed E-state index contributed by atoms with van der Waals surface area (Å²) in [7, 11) is 0. The van der Waals surface area contributed by atoms with Crippen LogP contribution in [-0.4, -0.2) is 25.8 Å². The molecule has 1 atom stereocenters. The molecule has 0 saturated carbocycles. The van der Waals surface area contributed by atoms with Gasteiger partial charge in [0.05, 0.1) is 19.3 Å². The van der Waals surface area contributed by atoms with E-state index in [1.165, 1.54) is 12.8 Å². The summed E-state index contributed by atoms with van der Waals surface area (Å²) < 4.78 is 12.6. The lowest BCUT2D eigenvalue weighted by Gasteiger charge is -2.48. The van der Waals surface area contributed by atoms with Gasteiger partial charge in [-0.2, -0.15) is 0 Å². The lowest BCUT2D eigenvalue weighted by Crippen LogP contribution is -2.58. The Morgan fingerprint density at radius 3 is 2.35 bits per heavy atom. The van der Waals surface area contributed by atoms with Gasteiger partial charge in [0.15, 0.2) is 0 Å². The third kappa shape index (κ3) is 2.62. The Morgan fingerprint density at radius 1 is 1.05 bits per heavy atom. The number of hydrogen-bond acceptors (Lipinski definition) is 3. The molecular formula is C17H25NO2. The van der Waals surface area contributed by atoms with Crippen molar-refractivity contribution in [2.24, 2.45) is 5.41 Å². The van der Waals surface area contributed by atoms with Crippen molar-refractivity contribution in [3.63, 3.8) is 0 Å². The van der Waals surface area contributed by atoms with Crippen LogP contribution in [0.25, 0.3) is 0 Å². The van der Waals surface area contributed by atoms with Crippen molar-refractivity contribution in [1.29, 1.82) is 0 Å². The van der Waals surface area contributed by atoms with Crippen LogP contribution in [0.3, 0.4) is 0 Å². The van der Waals surface area contributed by atoms with Gasteiger partial charge in [0, 0.05) is 11.0 Å². The van der Waals surface area contributed by atoms with Crippen LogP contribution in [0.4, 0.5) is 0 Å². The van der Waals surface area contributed by atoms with Gasteiger partial charge < -0.3 is 14.8 Å². The van der Waals surface area contributed by atoms with Gasteiger partial charge in [-0.15, -0.1) is 0 Å². The van der Waals surface area contributed by atoms with Gasteiger partial charge in [-0.3, -0.25) is 0 Å². The molecule has 3 nitrogen and oxygen atoms in total. The first-order valence-electron chi connectivity index (χ1n) is 7.69. The average Bonchev–Trinajstić information content (AvgIpc) is 2.50. The number of nitrogens with one attached hydrogen (secondary N) is 1. The van der Waals surface area contributed by atoms with Crippen LogP contribution in [-0.2, 0) is 15.3 Å². The Labute approximate surface area is 121 Å². The fraction of sp³-hybridized carbons (Fsp3) is 0.647. The highest BCUT2D eigenvalue weighted by Gasteiger charge is 2.48. The second kappa shape index (κ2) is 5.47. The largest absolute Gasteiger partial charge is 0.344 e. The smallest absolute Gasteiger partial charge is 0.210 e. The summed E-state index contributed by atoms with van der Waals surface area (Å²) in [6.07, 6.45) is 3.59. The first kappa shape index (κ1) is 14.1. The molecular weight excluding hydrogens is 250 g/mol. The molecule has 2 aliphatic rings. The first-order chi connectivity index (χ1) is 9.62. The normalized spacial score (nSPS) is 29.0. The van der Waals surface area contributed by atoms with Gasteiger partial charge in [0.1, 0.15) is 0 Å². The molecule has 1 N–H and O–H groups in total. The molecule has 1 aromatic carbocycles. The highest BCUT2D eigenvalue weighted by molar-refractivity contribution is 5.23. The van der Waals surface area contributed by atoms with E-state index in [4.69, 9.17) is 9.47 Å². The molecule has 0 radical (unpaired) electrons. The maximum absolute atomic E-state index is 6.32. The average molecular weight is 275 g/mol. The van der Waals surface area contributed by atoms with Gasteiger partial charge in [-0.25, -0.2) is 0 Å². The Bertz CT molecular complexity index is 428. The van der Waals surface area contributed by atoms with Gasteiger partial charge >= 0.3 is 0 Å². The van der Waals surface area contributed by atoms with Crippen molar-refractivity contribution in [3.8, 4) is 0 Å². The van der Waals surface area contributed by atoms with Crippen molar-refractivity contribution >= 4 is 0 Å². The predicted octanol–water partition coefficient (Wildman–Crippen LogP) is 3.05. The summed E-state index contributed by atoms with van der Waals surface area (Å²) in [5.74, 6) is -0.614. The number of hydrogen-bond donors (Lipinski definition) is 1. The van der Waals surface area contributed by atoms with E-state index < -0.39 is 5.79 Å². The molecule has 1 aromatic rings. The van der Waals surface area contributed by atoms with E-state index in [9.17, 15) is 0 Å². The highest BCUT2D eigenvalue weighted by Crippen LogP contribution is 2.41. The van der Waals surface area contributed by atoms with Gasteiger partial charge in [0.2, 0.25) is 5.79 Å². The minimum absolute atomic E-state index is 0.0902. The van der Waals surface area contributed by atoms with Crippen molar-refractivity contribution in [2.75, 3.05) is 19.8 Å². The van der Waals surface area contributed by atoms with Crippen molar-refractivity contribution in [1.82, 2.24) is 5.32 Å². The summed E-state index contributed by atoms with van der Waals surface area (Å²) in [6, 6.07) is 10.6. The molecule has 2 aliphatic heterocycles. The monoisotopic (exact) mass is 275 g/mol. The molecule has 0 aliphatic carbocycles. The van der Waals surface area contributed by atoms with Gasteiger partial charge in [-0.1, -0.05) is 50.6 Å². The second-order valence-corrected chi connectivity index (χ2v) is 6.78. The second-order valence-electron chi connectivity index (χ2n) is 6.78. The van der Waals surface area contributed by atoms with Crippen LogP contribution in [0.1, 0.15) is 38.7 Å². The summed E-state index contributed by atoms with van der Waals surface area (Å²) in [5.41, 5.74) is 1.22. The zero-order valence-corrected chi connectivity index (χ0v) is 12.5. The van der Waals surface area contributed by atoms with Crippen molar-refractivity contribution in [3.05, 3.63) is 35.9 Å². The predicted molar refractivity (Wildman–Crippen MR) is 79.4 cm³/mol. The molecule has 0 aromatic heterocycles. The minimum atomic E-state index is -0.614.